The topological polar surface area (TPSA) is 99.9 Å². The minimum atomic E-state index is -0.468. The van der Waals surface area contributed by atoms with E-state index in [1.807, 2.05) is 36.7 Å². The highest BCUT2D eigenvalue weighted by Crippen LogP contribution is 2.28. The van der Waals surface area contributed by atoms with E-state index >= 15 is 0 Å². The maximum Gasteiger partial charge on any atom is 0.252 e. The zero-order chi connectivity index (χ0) is 17.2. The first-order valence-electron chi connectivity index (χ1n) is 8.41. The maximum atomic E-state index is 11.8. The molecule has 7 heteroatoms. The molecular weight excluding hydrogens is 316 g/mol. The molecule has 4 heterocycles. The number of hydrogen-bond donors (Lipinski definition) is 3. The molecule has 1 amide bonds. The molecule has 4 rings (SSSR count). The van der Waals surface area contributed by atoms with Crippen molar-refractivity contribution in [1.29, 1.82) is 0 Å². The summed E-state index contributed by atoms with van der Waals surface area (Å²) in [6.45, 7) is 1.84. The fourth-order valence-electron chi connectivity index (χ4n) is 3.35. The first-order valence-corrected chi connectivity index (χ1v) is 8.41. The summed E-state index contributed by atoms with van der Waals surface area (Å²) in [6, 6.07) is 8.16. The summed E-state index contributed by atoms with van der Waals surface area (Å²) in [5.74, 6) is 0.541. The molecule has 1 aliphatic rings. The summed E-state index contributed by atoms with van der Waals surface area (Å²) in [7, 11) is 0. The number of hydrogen-bond acceptors (Lipinski definition) is 5. The molecule has 1 fully saturated rings. The monoisotopic (exact) mass is 336 g/mol. The molecule has 25 heavy (non-hydrogen) atoms. The van der Waals surface area contributed by atoms with Gasteiger partial charge < -0.3 is 20.9 Å². The van der Waals surface area contributed by atoms with Crippen molar-refractivity contribution < 1.29 is 4.79 Å². The van der Waals surface area contributed by atoms with Gasteiger partial charge in [0.1, 0.15) is 11.5 Å². The number of H-pyrrole nitrogens is 1. The number of aromatic nitrogens is 3. The van der Waals surface area contributed by atoms with Crippen molar-refractivity contribution in [2.45, 2.75) is 18.9 Å². The standard InChI is InChI=1S/C18H20N6O/c19-17(25)14-11-22-18-13(4-8-21-18)16(14)23-12-5-9-24(10-6-12)15-3-1-2-7-20-15/h1-4,7-8,11-12H,5-6,9-10H2,(H2,19,25)(H2,21,22,23). The Morgan fingerprint density at radius 1 is 1.24 bits per heavy atom. The van der Waals surface area contributed by atoms with Crippen molar-refractivity contribution in [2.75, 3.05) is 23.3 Å². The summed E-state index contributed by atoms with van der Waals surface area (Å²) >= 11 is 0. The average molecular weight is 336 g/mol. The molecule has 1 aliphatic heterocycles. The van der Waals surface area contributed by atoms with Gasteiger partial charge in [0.15, 0.2) is 0 Å². The number of piperidine rings is 1. The molecular formula is C18H20N6O. The number of carbonyl (C=O) groups excluding carboxylic acids is 1. The normalized spacial score (nSPS) is 15.4. The van der Waals surface area contributed by atoms with Crippen LogP contribution in [0.5, 0.6) is 0 Å². The lowest BCUT2D eigenvalue weighted by Gasteiger charge is -2.34. The molecule has 0 saturated carbocycles. The number of nitrogens with zero attached hydrogens (tertiary/aromatic N) is 3. The van der Waals surface area contributed by atoms with Crippen LogP contribution in [0.2, 0.25) is 0 Å². The van der Waals surface area contributed by atoms with E-state index in [1.54, 1.807) is 0 Å². The molecule has 0 atom stereocenters. The van der Waals surface area contributed by atoms with Crippen LogP contribution in [0.3, 0.4) is 0 Å². The fourth-order valence-corrected chi connectivity index (χ4v) is 3.35. The summed E-state index contributed by atoms with van der Waals surface area (Å²) in [4.78, 5) is 25.8. The number of nitrogens with two attached hydrogens (primary N) is 1. The van der Waals surface area contributed by atoms with E-state index in [0.29, 0.717) is 5.56 Å². The Labute approximate surface area is 145 Å². The summed E-state index contributed by atoms with van der Waals surface area (Å²) in [6.07, 6.45) is 7.09. The van der Waals surface area contributed by atoms with Crippen LogP contribution in [-0.4, -0.2) is 40.0 Å². The van der Waals surface area contributed by atoms with Crippen LogP contribution in [-0.2, 0) is 0 Å². The summed E-state index contributed by atoms with van der Waals surface area (Å²) in [5.41, 5.74) is 7.48. The molecule has 0 aliphatic carbocycles. The number of primary amides is 1. The molecule has 0 spiro atoms. The minimum absolute atomic E-state index is 0.276. The summed E-state index contributed by atoms with van der Waals surface area (Å²) < 4.78 is 0. The number of amides is 1. The number of nitrogens with one attached hydrogen (secondary N) is 2. The molecule has 128 valence electrons. The number of rotatable bonds is 4. The Bertz CT molecular complexity index is 883. The average Bonchev–Trinajstić information content (AvgIpc) is 3.12. The van der Waals surface area contributed by atoms with E-state index in [1.165, 1.54) is 6.20 Å². The van der Waals surface area contributed by atoms with E-state index in [-0.39, 0.29) is 6.04 Å². The third-order valence-corrected chi connectivity index (χ3v) is 4.67. The highest BCUT2D eigenvalue weighted by atomic mass is 16.1. The van der Waals surface area contributed by atoms with Crippen molar-refractivity contribution in [1.82, 2.24) is 15.0 Å². The third-order valence-electron chi connectivity index (χ3n) is 4.67. The number of pyridine rings is 2. The van der Waals surface area contributed by atoms with Crippen LogP contribution in [0.15, 0.2) is 42.9 Å². The smallest absolute Gasteiger partial charge is 0.252 e. The minimum Gasteiger partial charge on any atom is -0.381 e. The molecule has 3 aromatic rings. The molecule has 0 radical (unpaired) electrons. The van der Waals surface area contributed by atoms with Gasteiger partial charge in [0, 0.05) is 43.1 Å². The van der Waals surface area contributed by atoms with Gasteiger partial charge in [-0.15, -0.1) is 0 Å². The van der Waals surface area contributed by atoms with Crippen molar-refractivity contribution in [3.05, 3.63) is 48.4 Å². The number of anilines is 2. The van der Waals surface area contributed by atoms with Crippen LogP contribution in [0.4, 0.5) is 11.5 Å². The van der Waals surface area contributed by atoms with Crippen LogP contribution >= 0.6 is 0 Å². The van der Waals surface area contributed by atoms with Gasteiger partial charge >= 0.3 is 0 Å². The quantitative estimate of drug-likeness (QED) is 0.678. The Balaban J connectivity index is 1.52. The van der Waals surface area contributed by atoms with Crippen molar-refractivity contribution >= 4 is 28.4 Å². The highest BCUT2D eigenvalue weighted by Gasteiger charge is 2.22. The molecule has 0 unspecified atom stereocenters. The van der Waals surface area contributed by atoms with E-state index in [2.05, 4.69) is 25.2 Å². The Morgan fingerprint density at radius 2 is 2.08 bits per heavy atom. The first-order chi connectivity index (χ1) is 12.2. The van der Waals surface area contributed by atoms with Gasteiger partial charge in [0.05, 0.1) is 11.3 Å². The van der Waals surface area contributed by atoms with Gasteiger partial charge in [-0.3, -0.25) is 4.79 Å². The number of carbonyl (C=O) groups is 1. The fraction of sp³-hybridized carbons (Fsp3) is 0.278. The zero-order valence-electron chi connectivity index (χ0n) is 13.8. The van der Waals surface area contributed by atoms with Crippen LogP contribution in [0, 0.1) is 0 Å². The van der Waals surface area contributed by atoms with Crippen LogP contribution in [0.25, 0.3) is 11.0 Å². The second-order valence-corrected chi connectivity index (χ2v) is 6.24. The van der Waals surface area contributed by atoms with Crippen LogP contribution in [0.1, 0.15) is 23.2 Å². The van der Waals surface area contributed by atoms with Crippen LogP contribution < -0.4 is 16.0 Å². The SMILES string of the molecule is NC(=O)c1cnc2[nH]ccc2c1NC1CCN(c2ccccn2)CC1. The highest BCUT2D eigenvalue weighted by molar-refractivity contribution is 6.05. The molecule has 7 nitrogen and oxygen atoms in total. The second-order valence-electron chi connectivity index (χ2n) is 6.24. The number of fused-ring (bicyclic) bond motifs is 1. The van der Waals surface area contributed by atoms with Gasteiger partial charge in [0.25, 0.3) is 5.91 Å². The molecule has 4 N–H and O–H groups in total. The molecule has 0 aromatic carbocycles. The predicted octanol–water partition coefficient (Wildman–Crippen LogP) is 2.14. The van der Waals surface area contributed by atoms with Gasteiger partial charge in [-0.1, -0.05) is 6.07 Å². The van der Waals surface area contributed by atoms with E-state index in [0.717, 1.165) is 48.5 Å². The lowest BCUT2D eigenvalue weighted by Crippen LogP contribution is -2.39. The lowest BCUT2D eigenvalue weighted by atomic mass is 10.0. The maximum absolute atomic E-state index is 11.8. The van der Waals surface area contributed by atoms with Crippen molar-refractivity contribution in [3.8, 4) is 0 Å². The second kappa shape index (κ2) is 6.43. The zero-order valence-corrected chi connectivity index (χ0v) is 13.8. The predicted molar refractivity (Wildman–Crippen MR) is 97.7 cm³/mol. The Kier molecular flexibility index (Phi) is 3.97. The lowest BCUT2D eigenvalue weighted by molar-refractivity contribution is 0.100. The van der Waals surface area contributed by atoms with E-state index in [9.17, 15) is 4.79 Å². The summed E-state index contributed by atoms with van der Waals surface area (Å²) in [5, 5.41) is 4.42. The Hall–Kier alpha value is -3.09. The first kappa shape index (κ1) is 15.4. The van der Waals surface area contributed by atoms with E-state index in [4.69, 9.17) is 5.73 Å². The molecule has 0 bridgehead atoms. The third kappa shape index (κ3) is 3.00. The van der Waals surface area contributed by atoms with Crippen molar-refractivity contribution in [3.63, 3.8) is 0 Å². The molecule has 3 aromatic heterocycles. The largest absolute Gasteiger partial charge is 0.381 e. The van der Waals surface area contributed by atoms with Gasteiger partial charge in [0.2, 0.25) is 0 Å². The van der Waals surface area contributed by atoms with Gasteiger partial charge in [-0.25, -0.2) is 9.97 Å². The number of aromatic amines is 1. The Morgan fingerprint density at radius 3 is 2.80 bits per heavy atom. The molecule has 1 saturated heterocycles. The van der Waals surface area contributed by atoms with E-state index < -0.39 is 5.91 Å². The van der Waals surface area contributed by atoms with Gasteiger partial charge in [-0.2, -0.15) is 0 Å². The van der Waals surface area contributed by atoms with Crippen molar-refractivity contribution in [2.24, 2.45) is 5.73 Å². The van der Waals surface area contributed by atoms with Gasteiger partial charge in [-0.05, 0) is 31.0 Å².